The van der Waals surface area contributed by atoms with E-state index in [0.717, 1.165) is 0 Å². The molecule has 0 saturated carbocycles. The first-order valence-corrected chi connectivity index (χ1v) is 12.2. The van der Waals surface area contributed by atoms with Crippen LogP contribution in [0.25, 0.3) is 0 Å². The van der Waals surface area contributed by atoms with Crippen LogP contribution < -0.4 is 19.7 Å². The molecule has 34 heavy (non-hydrogen) atoms. The van der Waals surface area contributed by atoms with Gasteiger partial charge in [-0.25, -0.2) is 4.57 Å². The topological polar surface area (TPSA) is 10.4 Å². The van der Waals surface area contributed by atoms with E-state index in [9.17, 15) is 0 Å². The number of pyridine rings is 1. The fourth-order valence-electron chi connectivity index (χ4n) is 5.41. The smallest absolute Gasteiger partial charge is 0.333 e. The summed E-state index contributed by atoms with van der Waals surface area (Å²) in [6.07, 6.45) is 2.19. The van der Waals surface area contributed by atoms with Gasteiger partial charge in [-0.2, -0.15) is 0 Å². The van der Waals surface area contributed by atoms with Crippen LogP contribution in [0.4, 0.5) is 22.9 Å². The Kier molecular flexibility index (Phi) is 5.69. The summed E-state index contributed by atoms with van der Waals surface area (Å²) in [5.41, 5.74) is 10.4. The Morgan fingerprint density at radius 2 is 1.38 bits per heavy atom. The molecule has 2 heterocycles. The maximum Gasteiger partial charge on any atom is 0.543 e. The lowest BCUT2D eigenvalue weighted by Crippen LogP contribution is -2.56. The lowest BCUT2D eigenvalue weighted by atomic mass is 9.59. The number of nitrogens with zero attached hydrogens (tertiary/aromatic N) is 3. The molecule has 0 amide bonds. The highest BCUT2D eigenvalue weighted by atomic mass is 15.4. The molecule has 0 saturated heterocycles. The molecule has 4 heteroatoms. The van der Waals surface area contributed by atoms with E-state index in [1.165, 1.54) is 50.6 Å². The summed E-state index contributed by atoms with van der Waals surface area (Å²) >= 11 is 0. The van der Waals surface area contributed by atoms with E-state index in [1.54, 1.807) is 0 Å². The first-order chi connectivity index (χ1) is 16.4. The molecule has 1 aliphatic rings. The van der Waals surface area contributed by atoms with Crippen molar-refractivity contribution >= 4 is 35.3 Å². The monoisotopic (exact) mass is 446 g/mol. The van der Waals surface area contributed by atoms with Crippen molar-refractivity contribution in [3.05, 3.63) is 107 Å². The summed E-state index contributed by atoms with van der Waals surface area (Å²) in [5.74, 6) is 1.64. The summed E-state index contributed by atoms with van der Waals surface area (Å²) in [7, 11) is 2.16. The van der Waals surface area contributed by atoms with Crippen LogP contribution in [0.2, 0.25) is 0 Å². The quantitative estimate of drug-likeness (QED) is 0.271. The number of fused-ring (bicyclic) bond motifs is 1. The van der Waals surface area contributed by atoms with E-state index < -0.39 is 0 Å². The minimum absolute atomic E-state index is 0.00407. The molecule has 5 rings (SSSR count). The Labute approximate surface area is 204 Å². The Bertz CT molecular complexity index is 1350. The van der Waals surface area contributed by atoms with Gasteiger partial charge in [0.2, 0.25) is 0 Å². The zero-order valence-electron chi connectivity index (χ0n) is 21.1. The fraction of sp³-hybridized carbons (Fsp3) is 0.233. The van der Waals surface area contributed by atoms with Crippen LogP contribution in [0.5, 0.6) is 0 Å². The first kappa shape index (κ1) is 22.3. The van der Waals surface area contributed by atoms with Crippen LogP contribution in [-0.4, -0.2) is 6.98 Å². The fourth-order valence-corrected chi connectivity index (χ4v) is 5.41. The standard InChI is InChI=1S/C30H33BN3/c1-21(2)26-17-12-14-23(4)28(26)31-33(25-15-8-7-9-16-25)29-24(5)19-20-32(6)30(29)34(31)27-18-11-10-13-22(27)3/h7-21H,1-6H3/q+1. The second kappa shape index (κ2) is 8.68. The number of para-hydroxylation sites is 2. The van der Waals surface area contributed by atoms with Crippen molar-refractivity contribution in [2.24, 2.45) is 7.05 Å². The van der Waals surface area contributed by atoms with E-state index in [0.29, 0.717) is 5.92 Å². The van der Waals surface area contributed by atoms with Gasteiger partial charge in [0, 0.05) is 11.2 Å². The number of benzene rings is 3. The molecule has 0 aliphatic carbocycles. The van der Waals surface area contributed by atoms with Crippen LogP contribution in [0.1, 0.15) is 42.0 Å². The van der Waals surface area contributed by atoms with Crippen molar-refractivity contribution in [2.75, 3.05) is 9.62 Å². The molecule has 0 radical (unpaired) electrons. The third-order valence-electron chi connectivity index (χ3n) is 7.07. The largest absolute Gasteiger partial charge is 0.543 e. The highest BCUT2D eigenvalue weighted by Crippen LogP contribution is 2.46. The van der Waals surface area contributed by atoms with E-state index in [1.807, 2.05) is 0 Å². The van der Waals surface area contributed by atoms with Crippen LogP contribution in [0, 0.1) is 20.8 Å². The summed E-state index contributed by atoms with van der Waals surface area (Å²) in [5, 5.41) is 0. The van der Waals surface area contributed by atoms with Gasteiger partial charge in [0.15, 0.2) is 0 Å². The zero-order valence-corrected chi connectivity index (χ0v) is 21.1. The third kappa shape index (κ3) is 3.49. The molecule has 1 aromatic heterocycles. The van der Waals surface area contributed by atoms with Gasteiger partial charge in [0.05, 0.1) is 13.2 Å². The average Bonchev–Trinajstić information content (AvgIpc) is 3.19. The lowest BCUT2D eigenvalue weighted by Gasteiger charge is -2.28. The number of aryl methyl sites for hydroxylation is 4. The van der Waals surface area contributed by atoms with Crippen molar-refractivity contribution < 1.29 is 4.57 Å². The van der Waals surface area contributed by atoms with Gasteiger partial charge in [-0.15, -0.1) is 0 Å². The molecule has 3 nitrogen and oxygen atoms in total. The predicted octanol–water partition coefficient (Wildman–Crippen LogP) is 6.24. The zero-order chi connectivity index (χ0) is 24.0. The third-order valence-corrected chi connectivity index (χ3v) is 7.07. The highest BCUT2D eigenvalue weighted by Gasteiger charge is 2.54. The molecule has 0 N–H and O–H groups in total. The molecule has 0 bridgehead atoms. The molecule has 170 valence electrons. The Balaban J connectivity index is 1.91. The number of aromatic nitrogens is 1. The van der Waals surface area contributed by atoms with Gasteiger partial charge in [-0.05, 0) is 73.2 Å². The van der Waals surface area contributed by atoms with Crippen molar-refractivity contribution in [2.45, 2.75) is 40.5 Å². The molecule has 0 spiro atoms. The molecule has 0 atom stereocenters. The first-order valence-electron chi connectivity index (χ1n) is 12.2. The van der Waals surface area contributed by atoms with Crippen LogP contribution in [-0.2, 0) is 7.05 Å². The van der Waals surface area contributed by atoms with Gasteiger partial charge in [-0.3, -0.25) is 4.81 Å². The number of hydrogen-bond donors (Lipinski definition) is 0. The van der Waals surface area contributed by atoms with Crippen molar-refractivity contribution in [3.63, 3.8) is 0 Å². The average molecular weight is 446 g/mol. The van der Waals surface area contributed by atoms with Gasteiger partial charge in [-0.1, -0.05) is 68.4 Å². The van der Waals surface area contributed by atoms with E-state index >= 15 is 0 Å². The Morgan fingerprint density at radius 1 is 0.706 bits per heavy atom. The lowest BCUT2D eigenvalue weighted by molar-refractivity contribution is -0.657. The normalized spacial score (nSPS) is 13.1. The Hall–Kier alpha value is -3.53. The predicted molar refractivity (Wildman–Crippen MR) is 145 cm³/mol. The summed E-state index contributed by atoms with van der Waals surface area (Å²) < 4.78 is 2.28. The summed E-state index contributed by atoms with van der Waals surface area (Å²) in [4.78, 5) is 5.10. The second-order valence-electron chi connectivity index (χ2n) is 9.75. The maximum absolute atomic E-state index is 2.55. The minimum Gasteiger partial charge on any atom is -0.333 e. The van der Waals surface area contributed by atoms with Crippen LogP contribution in [0.3, 0.4) is 0 Å². The minimum atomic E-state index is 0.00407. The summed E-state index contributed by atoms with van der Waals surface area (Å²) in [6, 6.07) is 28.6. The van der Waals surface area contributed by atoms with Crippen molar-refractivity contribution in [1.82, 2.24) is 0 Å². The van der Waals surface area contributed by atoms with E-state index in [2.05, 4.69) is 141 Å². The highest BCUT2D eigenvalue weighted by molar-refractivity contribution is 6.85. The van der Waals surface area contributed by atoms with Crippen LogP contribution in [0.15, 0.2) is 85.1 Å². The Morgan fingerprint density at radius 3 is 2.09 bits per heavy atom. The number of anilines is 4. The maximum atomic E-state index is 2.55. The van der Waals surface area contributed by atoms with Gasteiger partial charge >= 0.3 is 6.98 Å². The van der Waals surface area contributed by atoms with Gasteiger partial charge < -0.3 is 4.81 Å². The second-order valence-corrected chi connectivity index (χ2v) is 9.75. The van der Waals surface area contributed by atoms with Gasteiger partial charge in [0.1, 0.15) is 11.4 Å². The molecule has 0 unspecified atom stereocenters. The molecule has 3 aromatic carbocycles. The molecule has 4 aromatic rings. The molecule has 1 aliphatic heterocycles. The van der Waals surface area contributed by atoms with Gasteiger partial charge in [0.25, 0.3) is 5.82 Å². The molecular weight excluding hydrogens is 413 g/mol. The summed E-state index contributed by atoms with van der Waals surface area (Å²) in [6.45, 7) is 11.3. The van der Waals surface area contributed by atoms with E-state index in [-0.39, 0.29) is 6.98 Å². The van der Waals surface area contributed by atoms with Crippen molar-refractivity contribution in [3.8, 4) is 0 Å². The molecule has 0 fully saturated rings. The molecular formula is C30H33BN3+. The van der Waals surface area contributed by atoms with E-state index in [4.69, 9.17) is 0 Å². The SMILES string of the molecule is Cc1ccccc1N1B(c2c(C)cccc2C(C)C)N(c2ccccc2)c2c(C)cc[n+](C)c21. The number of hydrogen-bond acceptors (Lipinski definition) is 2. The number of rotatable bonds is 4. The van der Waals surface area contributed by atoms with Crippen LogP contribution >= 0.6 is 0 Å². The van der Waals surface area contributed by atoms with Crippen molar-refractivity contribution in [1.29, 1.82) is 0 Å².